The van der Waals surface area contributed by atoms with E-state index in [1.165, 1.54) is 38.8 Å². The molecule has 1 aliphatic heterocycles. The lowest BCUT2D eigenvalue weighted by molar-refractivity contribution is -0.139. The smallest absolute Gasteiger partial charge is 0.293 e. The summed E-state index contributed by atoms with van der Waals surface area (Å²) in [6.45, 7) is 14.3. The lowest BCUT2D eigenvalue weighted by Gasteiger charge is -2.14. The molecule has 5 nitrogen and oxygen atoms in total. The van der Waals surface area contributed by atoms with Crippen LogP contribution in [-0.2, 0) is 19.1 Å². The first-order valence-electron chi connectivity index (χ1n) is 7.56. The molecule has 1 rings (SSSR count). The van der Waals surface area contributed by atoms with Crippen molar-refractivity contribution in [1.82, 2.24) is 5.32 Å². The molecule has 0 atom stereocenters. The molecule has 1 saturated heterocycles. The van der Waals surface area contributed by atoms with Gasteiger partial charge in [0.05, 0.1) is 0 Å². The molecule has 0 spiro atoms. The summed E-state index contributed by atoms with van der Waals surface area (Å²) in [6.07, 6.45) is 5.65. The van der Waals surface area contributed by atoms with Crippen LogP contribution in [0.15, 0.2) is 0 Å². The lowest BCUT2D eigenvalue weighted by atomic mass is 10.2. The van der Waals surface area contributed by atoms with Gasteiger partial charge in [-0.2, -0.15) is 0 Å². The molecule has 21 heavy (non-hydrogen) atoms. The van der Waals surface area contributed by atoms with E-state index in [1.807, 2.05) is 41.5 Å². The zero-order valence-electron chi connectivity index (χ0n) is 14.5. The molecule has 5 heteroatoms. The molecule has 0 amide bonds. The lowest BCUT2D eigenvalue weighted by Crippen LogP contribution is -2.17. The third kappa shape index (κ3) is 27.9. The molecule has 0 aromatic heterocycles. The molecule has 1 heterocycles. The van der Waals surface area contributed by atoms with E-state index in [-0.39, 0.29) is 11.2 Å². The molecule has 0 bridgehead atoms. The van der Waals surface area contributed by atoms with Crippen LogP contribution < -0.4 is 5.32 Å². The second-order valence-corrected chi connectivity index (χ2v) is 6.82. The van der Waals surface area contributed by atoms with Crippen molar-refractivity contribution in [3.63, 3.8) is 0 Å². The molecular weight excluding hydrogens is 270 g/mol. The van der Waals surface area contributed by atoms with Crippen LogP contribution in [0.25, 0.3) is 0 Å². The molecule has 0 unspecified atom stereocenters. The van der Waals surface area contributed by atoms with Gasteiger partial charge < -0.3 is 14.8 Å². The zero-order valence-corrected chi connectivity index (χ0v) is 14.5. The summed E-state index contributed by atoms with van der Waals surface area (Å²) in [5.41, 5.74) is -0.635. The number of carbonyl (C=O) groups is 2. The number of carbonyl (C=O) groups excluding carboxylic acids is 2. The summed E-state index contributed by atoms with van der Waals surface area (Å²) in [4.78, 5) is 19.2. The summed E-state index contributed by atoms with van der Waals surface area (Å²) in [5.74, 6) is 0. The van der Waals surface area contributed by atoms with E-state index in [9.17, 15) is 9.59 Å². The molecule has 1 N–H and O–H groups in total. The van der Waals surface area contributed by atoms with Gasteiger partial charge in [0.2, 0.25) is 0 Å². The average Bonchev–Trinajstić information content (AvgIpc) is 2.58. The van der Waals surface area contributed by atoms with Gasteiger partial charge in [0.15, 0.2) is 0 Å². The average molecular weight is 303 g/mol. The predicted molar refractivity (Wildman–Crippen MR) is 85.1 cm³/mol. The zero-order chi connectivity index (χ0) is 16.8. The molecule has 1 fully saturated rings. The maximum Gasteiger partial charge on any atom is 0.293 e. The number of ether oxygens (including phenoxy) is 2. The minimum absolute atomic E-state index is 0.318. The van der Waals surface area contributed by atoms with Crippen molar-refractivity contribution in [2.24, 2.45) is 0 Å². The van der Waals surface area contributed by atoms with Crippen LogP contribution in [0.2, 0.25) is 0 Å². The third-order valence-electron chi connectivity index (χ3n) is 2.26. The minimum Gasteiger partial charge on any atom is -0.462 e. The summed E-state index contributed by atoms with van der Waals surface area (Å²) in [6, 6.07) is 0. The fraction of sp³-hybridized carbons (Fsp3) is 0.875. The summed E-state index contributed by atoms with van der Waals surface area (Å²) >= 11 is 0. The van der Waals surface area contributed by atoms with E-state index >= 15 is 0 Å². The number of rotatable bonds is 2. The SMILES string of the molecule is C1CCCNCC1.CC(C)(C)OC=O.CC(C)(C)OC=O. The maximum atomic E-state index is 9.60. The molecule has 0 aromatic carbocycles. The predicted octanol–water partition coefficient (Wildman–Crippen LogP) is 3.07. The van der Waals surface area contributed by atoms with Crippen LogP contribution in [0, 0.1) is 0 Å². The second kappa shape index (κ2) is 12.6. The summed E-state index contributed by atoms with van der Waals surface area (Å²) < 4.78 is 9.10. The van der Waals surface area contributed by atoms with Crippen LogP contribution in [-0.4, -0.2) is 37.2 Å². The van der Waals surface area contributed by atoms with Crippen LogP contribution in [0.4, 0.5) is 0 Å². The van der Waals surface area contributed by atoms with Crippen molar-refractivity contribution in [3.05, 3.63) is 0 Å². The van der Waals surface area contributed by atoms with Gasteiger partial charge >= 0.3 is 0 Å². The van der Waals surface area contributed by atoms with Crippen molar-refractivity contribution in [1.29, 1.82) is 0 Å². The summed E-state index contributed by atoms with van der Waals surface area (Å²) in [5, 5.41) is 3.35. The van der Waals surface area contributed by atoms with Gasteiger partial charge in [-0.1, -0.05) is 12.8 Å². The van der Waals surface area contributed by atoms with Crippen molar-refractivity contribution in [3.8, 4) is 0 Å². The fourth-order valence-electron chi connectivity index (χ4n) is 1.27. The highest BCUT2D eigenvalue weighted by Crippen LogP contribution is 2.03. The topological polar surface area (TPSA) is 64.6 Å². The first-order chi connectivity index (χ1) is 9.62. The highest BCUT2D eigenvalue weighted by molar-refractivity contribution is 5.38. The van der Waals surface area contributed by atoms with Crippen molar-refractivity contribution in [2.45, 2.75) is 78.4 Å². The Morgan fingerprint density at radius 2 is 1.05 bits per heavy atom. The van der Waals surface area contributed by atoms with E-state index in [2.05, 4.69) is 14.8 Å². The highest BCUT2D eigenvalue weighted by Gasteiger charge is 2.08. The van der Waals surface area contributed by atoms with Gasteiger partial charge in [0.25, 0.3) is 12.9 Å². The van der Waals surface area contributed by atoms with E-state index < -0.39 is 0 Å². The van der Waals surface area contributed by atoms with E-state index in [0.29, 0.717) is 12.9 Å². The number of hydrogen-bond donors (Lipinski definition) is 1. The van der Waals surface area contributed by atoms with Gasteiger partial charge in [-0.25, -0.2) is 0 Å². The van der Waals surface area contributed by atoms with Crippen LogP contribution in [0.3, 0.4) is 0 Å². The van der Waals surface area contributed by atoms with Crippen molar-refractivity contribution < 1.29 is 19.1 Å². The normalized spacial score (nSPS) is 15.1. The molecule has 1 aliphatic rings. The van der Waals surface area contributed by atoms with Gasteiger partial charge in [-0.3, -0.25) is 9.59 Å². The highest BCUT2D eigenvalue weighted by atomic mass is 16.5. The summed E-state index contributed by atoms with van der Waals surface area (Å²) in [7, 11) is 0. The Morgan fingerprint density at radius 1 is 0.714 bits per heavy atom. The van der Waals surface area contributed by atoms with Crippen LogP contribution in [0.1, 0.15) is 67.2 Å². The monoisotopic (exact) mass is 303 g/mol. The maximum absolute atomic E-state index is 9.60. The fourth-order valence-corrected chi connectivity index (χ4v) is 1.27. The molecule has 0 saturated carbocycles. The van der Waals surface area contributed by atoms with Crippen LogP contribution in [0.5, 0.6) is 0 Å². The molecule has 126 valence electrons. The van der Waals surface area contributed by atoms with Crippen molar-refractivity contribution >= 4 is 12.9 Å². The first kappa shape index (κ1) is 22.2. The largest absolute Gasteiger partial charge is 0.462 e. The van der Waals surface area contributed by atoms with E-state index in [0.717, 1.165) is 0 Å². The molecule has 0 aliphatic carbocycles. The van der Waals surface area contributed by atoms with Gasteiger partial charge in [0.1, 0.15) is 11.2 Å². The Balaban J connectivity index is 0. The Kier molecular flexibility index (Phi) is 13.3. The minimum atomic E-state index is -0.318. The third-order valence-corrected chi connectivity index (χ3v) is 2.26. The number of hydrogen-bond acceptors (Lipinski definition) is 5. The molecule has 0 aromatic rings. The molecule has 0 radical (unpaired) electrons. The standard InChI is InChI=1S/C6H13N.2C5H10O2/c1-2-4-6-7-5-3-1;2*1-5(2,3)7-4-6/h7H,1-6H2;2*4H,1-3H3. The van der Waals surface area contributed by atoms with E-state index in [4.69, 9.17) is 0 Å². The quantitative estimate of drug-likeness (QED) is 0.794. The van der Waals surface area contributed by atoms with Crippen molar-refractivity contribution in [2.75, 3.05) is 13.1 Å². The molecular formula is C16H33NO4. The van der Waals surface area contributed by atoms with Gasteiger partial charge in [-0.15, -0.1) is 0 Å². The van der Waals surface area contributed by atoms with E-state index in [1.54, 1.807) is 0 Å². The van der Waals surface area contributed by atoms with Crippen LogP contribution >= 0.6 is 0 Å². The van der Waals surface area contributed by atoms with Gasteiger partial charge in [0, 0.05) is 0 Å². The Hall–Kier alpha value is -1.10. The Labute approximate surface area is 129 Å². The Morgan fingerprint density at radius 3 is 1.24 bits per heavy atom. The van der Waals surface area contributed by atoms with Gasteiger partial charge in [-0.05, 0) is 67.5 Å². The first-order valence-corrected chi connectivity index (χ1v) is 7.56. The Bertz CT molecular complexity index is 214. The second-order valence-electron chi connectivity index (χ2n) is 6.82. The number of nitrogens with one attached hydrogen (secondary N) is 1.